The Labute approximate surface area is 154 Å². The van der Waals surface area contributed by atoms with Crippen LogP contribution in [0, 0.1) is 0 Å². The Bertz CT molecular complexity index is 1040. The molecule has 0 fully saturated rings. The van der Waals surface area contributed by atoms with Crippen LogP contribution < -0.4 is 11.1 Å². The number of fused-ring (bicyclic) bond motifs is 1. The van der Waals surface area contributed by atoms with Gasteiger partial charge in [0.2, 0.25) is 5.91 Å². The van der Waals surface area contributed by atoms with Crippen molar-refractivity contribution in [3.63, 3.8) is 0 Å². The number of hydrogen-bond donors (Lipinski definition) is 3. The molecule has 0 bridgehead atoms. The Morgan fingerprint density at radius 1 is 1.23 bits per heavy atom. The van der Waals surface area contributed by atoms with Crippen molar-refractivity contribution in [1.29, 1.82) is 0 Å². The van der Waals surface area contributed by atoms with Crippen LogP contribution in [0.25, 0.3) is 21.5 Å². The van der Waals surface area contributed by atoms with Crippen molar-refractivity contribution in [2.45, 2.75) is 5.92 Å². The quantitative estimate of drug-likeness (QED) is 0.502. The minimum atomic E-state index is -0.364. The molecule has 4 aromatic rings. The van der Waals surface area contributed by atoms with E-state index in [-0.39, 0.29) is 18.4 Å². The standard InChI is InChI=1S/C20H18N4OS/c21-11-17(13-4-2-1-3-5-13)20(25)24-14-10-18(26-12-14)15-6-8-22-19-16(15)7-9-23-19/h1-10,12,17H,11,21H2,(H,22,23)(H,24,25). The van der Waals surface area contributed by atoms with Gasteiger partial charge in [0.05, 0.1) is 11.6 Å². The summed E-state index contributed by atoms with van der Waals surface area (Å²) in [5, 5.41) is 6.01. The Morgan fingerprint density at radius 3 is 2.88 bits per heavy atom. The molecule has 1 unspecified atom stereocenters. The predicted molar refractivity (Wildman–Crippen MR) is 106 cm³/mol. The first-order valence-electron chi connectivity index (χ1n) is 8.33. The predicted octanol–water partition coefficient (Wildman–Crippen LogP) is 3.97. The maximum Gasteiger partial charge on any atom is 0.233 e. The number of thiophene rings is 1. The number of aromatic nitrogens is 2. The lowest BCUT2D eigenvalue weighted by Gasteiger charge is -2.14. The van der Waals surface area contributed by atoms with Crippen LogP contribution >= 0.6 is 11.3 Å². The molecule has 130 valence electrons. The number of nitrogens with two attached hydrogens (primary N) is 1. The third kappa shape index (κ3) is 3.12. The van der Waals surface area contributed by atoms with E-state index < -0.39 is 0 Å². The van der Waals surface area contributed by atoms with Crippen molar-refractivity contribution in [2.24, 2.45) is 5.73 Å². The van der Waals surface area contributed by atoms with Gasteiger partial charge in [-0.2, -0.15) is 0 Å². The van der Waals surface area contributed by atoms with Crippen LogP contribution in [0.1, 0.15) is 11.5 Å². The number of aromatic amines is 1. The molecule has 6 heteroatoms. The molecule has 1 aromatic carbocycles. The minimum absolute atomic E-state index is 0.0930. The summed E-state index contributed by atoms with van der Waals surface area (Å²) in [5.41, 5.74) is 9.49. The van der Waals surface area contributed by atoms with Crippen LogP contribution in [0.15, 0.2) is 66.3 Å². The van der Waals surface area contributed by atoms with Crippen LogP contribution in [0.4, 0.5) is 5.69 Å². The summed E-state index contributed by atoms with van der Waals surface area (Å²) in [4.78, 5) is 21.2. The second kappa shape index (κ2) is 7.11. The van der Waals surface area contributed by atoms with Crippen LogP contribution in [0.5, 0.6) is 0 Å². The molecule has 0 saturated carbocycles. The topological polar surface area (TPSA) is 83.8 Å². The highest BCUT2D eigenvalue weighted by atomic mass is 32.1. The molecule has 0 aliphatic rings. The first-order chi connectivity index (χ1) is 12.8. The number of nitrogens with one attached hydrogen (secondary N) is 2. The molecule has 0 radical (unpaired) electrons. The van der Waals surface area contributed by atoms with Gasteiger partial charge in [0.15, 0.2) is 0 Å². The number of rotatable bonds is 5. The van der Waals surface area contributed by atoms with Gasteiger partial charge in [0, 0.05) is 40.1 Å². The van der Waals surface area contributed by atoms with Gasteiger partial charge in [-0.25, -0.2) is 4.98 Å². The van der Waals surface area contributed by atoms with E-state index in [4.69, 9.17) is 5.73 Å². The molecular weight excluding hydrogens is 344 g/mol. The highest BCUT2D eigenvalue weighted by Gasteiger charge is 2.19. The van der Waals surface area contributed by atoms with Gasteiger partial charge in [0.1, 0.15) is 5.65 Å². The smallest absolute Gasteiger partial charge is 0.233 e. The highest BCUT2D eigenvalue weighted by molar-refractivity contribution is 7.14. The fourth-order valence-electron chi connectivity index (χ4n) is 3.03. The Morgan fingerprint density at radius 2 is 2.08 bits per heavy atom. The Balaban J connectivity index is 1.57. The lowest BCUT2D eigenvalue weighted by molar-refractivity contribution is -0.117. The summed E-state index contributed by atoms with van der Waals surface area (Å²) in [6.45, 7) is 0.265. The summed E-state index contributed by atoms with van der Waals surface area (Å²) < 4.78 is 0. The van der Waals surface area contributed by atoms with Crippen LogP contribution in [0.2, 0.25) is 0 Å². The molecule has 0 spiro atoms. The third-order valence-electron chi connectivity index (χ3n) is 4.35. The van der Waals surface area contributed by atoms with Crippen molar-refractivity contribution in [3.8, 4) is 10.4 Å². The third-order valence-corrected chi connectivity index (χ3v) is 5.31. The van der Waals surface area contributed by atoms with Crippen molar-refractivity contribution < 1.29 is 4.79 Å². The van der Waals surface area contributed by atoms with Gasteiger partial charge in [-0.05, 0) is 23.8 Å². The minimum Gasteiger partial charge on any atom is -0.346 e. The van der Waals surface area contributed by atoms with Crippen molar-refractivity contribution >= 4 is 34.0 Å². The number of hydrogen-bond acceptors (Lipinski definition) is 4. The Hall–Kier alpha value is -2.96. The zero-order valence-corrected chi connectivity index (χ0v) is 14.8. The SMILES string of the molecule is NCC(C(=O)Nc1csc(-c2ccnc3[nH]ccc23)c1)c1ccccc1. The van der Waals surface area contributed by atoms with E-state index in [2.05, 4.69) is 15.3 Å². The zero-order valence-electron chi connectivity index (χ0n) is 14.0. The van der Waals surface area contributed by atoms with Crippen molar-refractivity contribution in [3.05, 3.63) is 71.9 Å². The van der Waals surface area contributed by atoms with E-state index in [0.717, 1.165) is 32.7 Å². The lowest BCUT2D eigenvalue weighted by Crippen LogP contribution is -2.27. The van der Waals surface area contributed by atoms with E-state index in [1.165, 1.54) is 0 Å². The van der Waals surface area contributed by atoms with Crippen molar-refractivity contribution in [2.75, 3.05) is 11.9 Å². The first-order valence-corrected chi connectivity index (χ1v) is 9.21. The molecule has 1 atom stereocenters. The zero-order chi connectivity index (χ0) is 17.9. The molecule has 4 N–H and O–H groups in total. The van der Waals surface area contributed by atoms with E-state index in [1.807, 2.05) is 60.1 Å². The number of carbonyl (C=O) groups is 1. The summed E-state index contributed by atoms with van der Waals surface area (Å²) in [6.07, 6.45) is 3.66. The molecule has 3 heterocycles. The van der Waals surface area contributed by atoms with E-state index in [9.17, 15) is 4.79 Å². The molecule has 26 heavy (non-hydrogen) atoms. The largest absolute Gasteiger partial charge is 0.346 e. The second-order valence-corrected chi connectivity index (χ2v) is 6.90. The molecule has 4 rings (SSSR count). The fourth-order valence-corrected chi connectivity index (χ4v) is 3.91. The van der Waals surface area contributed by atoms with Crippen LogP contribution in [0.3, 0.4) is 0 Å². The molecule has 3 aromatic heterocycles. The molecule has 0 aliphatic carbocycles. The van der Waals surface area contributed by atoms with Crippen molar-refractivity contribution in [1.82, 2.24) is 9.97 Å². The number of anilines is 1. The van der Waals surface area contributed by atoms with E-state index >= 15 is 0 Å². The normalized spacial score (nSPS) is 12.2. The highest BCUT2D eigenvalue weighted by Crippen LogP contribution is 2.34. The monoisotopic (exact) mass is 362 g/mol. The average molecular weight is 362 g/mol. The second-order valence-electron chi connectivity index (χ2n) is 5.99. The number of carbonyl (C=O) groups excluding carboxylic acids is 1. The van der Waals surface area contributed by atoms with Gasteiger partial charge in [-0.3, -0.25) is 4.79 Å². The van der Waals surface area contributed by atoms with Crippen LogP contribution in [-0.2, 0) is 4.79 Å². The summed E-state index contributed by atoms with van der Waals surface area (Å²) >= 11 is 1.59. The molecule has 0 saturated heterocycles. The van der Waals surface area contributed by atoms with E-state index in [1.54, 1.807) is 17.5 Å². The number of benzene rings is 1. The van der Waals surface area contributed by atoms with Crippen LogP contribution in [-0.4, -0.2) is 22.4 Å². The van der Waals surface area contributed by atoms with E-state index in [0.29, 0.717) is 0 Å². The van der Waals surface area contributed by atoms with Gasteiger partial charge in [0.25, 0.3) is 0 Å². The number of nitrogens with zero attached hydrogens (tertiary/aromatic N) is 1. The average Bonchev–Trinajstić information content (AvgIpc) is 3.32. The number of pyridine rings is 1. The maximum atomic E-state index is 12.7. The molecule has 0 aliphatic heterocycles. The number of H-pyrrole nitrogens is 1. The summed E-state index contributed by atoms with van der Waals surface area (Å²) in [5.74, 6) is -0.457. The van der Waals surface area contributed by atoms with Gasteiger partial charge in [-0.1, -0.05) is 30.3 Å². The molecule has 5 nitrogen and oxygen atoms in total. The van der Waals surface area contributed by atoms with Gasteiger partial charge >= 0.3 is 0 Å². The summed E-state index contributed by atoms with van der Waals surface area (Å²) in [7, 11) is 0. The maximum absolute atomic E-state index is 12.7. The molecule has 1 amide bonds. The Kier molecular flexibility index (Phi) is 4.51. The first kappa shape index (κ1) is 16.5. The summed E-state index contributed by atoms with van der Waals surface area (Å²) in [6, 6.07) is 15.6. The lowest BCUT2D eigenvalue weighted by atomic mass is 9.98. The van der Waals surface area contributed by atoms with Gasteiger partial charge in [-0.15, -0.1) is 11.3 Å². The fraction of sp³-hybridized carbons (Fsp3) is 0.100. The van der Waals surface area contributed by atoms with Gasteiger partial charge < -0.3 is 16.0 Å². The number of amides is 1. The molecular formula is C20H18N4OS.